The Hall–Kier alpha value is -1.56. The Balaban J connectivity index is 2.20. The lowest BCUT2D eigenvalue weighted by atomic mass is 9.86. The van der Waals surface area contributed by atoms with Gasteiger partial charge in [-0.1, -0.05) is 70.4 Å². The average molecular weight is 292 g/mol. The van der Waals surface area contributed by atoms with E-state index in [1.54, 1.807) is 22.3 Å². The van der Waals surface area contributed by atoms with Gasteiger partial charge in [-0.15, -0.1) is 0 Å². The highest BCUT2D eigenvalue weighted by Crippen LogP contribution is 2.41. The van der Waals surface area contributed by atoms with Crippen molar-refractivity contribution in [2.45, 2.75) is 65.7 Å². The molecule has 0 N–H and O–H groups in total. The minimum Gasteiger partial charge on any atom is -0.0651 e. The molecule has 0 saturated heterocycles. The summed E-state index contributed by atoms with van der Waals surface area (Å²) in [5, 5.41) is 0. The van der Waals surface area contributed by atoms with Crippen molar-refractivity contribution < 1.29 is 0 Å². The summed E-state index contributed by atoms with van der Waals surface area (Å²) in [7, 11) is 0. The second kappa shape index (κ2) is 6.69. The molecule has 1 aliphatic rings. The van der Waals surface area contributed by atoms with Crippen LogP contribution in [0.2, 0.25) is 0 Å². The van der Waals surface area contributed by atoms with Crippen LogP contribution in [-0.4, -0.2) is 0 Å². The Morgan fingerprint density at radius 1 is 0.773 bits per heavy atom. The molecule has 22 heavy (non-hydrogen) atoms. The van der Waals surface area contributed by atoms with Crippen LogP contribution in [0.25, 0.3) is 11.1 Å². The fraction of sp³-hybridized carbons (Fsp3) is 0.455. The maximum absolute atomic E-state index is 2.52. The van der Waals surface area contributed by atoms with E-state index in [1.165, 1.54) is 55.2 Å². The number of hydrogen-bond donors (Lipinski definition) is 0. The van der Waals surface area contributed by atoms with E-state index in [4.69, 9.17) is 0 Å². The van der Waals surface area contributed by atoms with E-state index >= 15 is 0 Å². The summed E-state index contributed by atoms with van der Waals surface area (Å²) < 4.78 is 0. The first-order chi connectivity index (χ1) is 10.8. The van der Waals surface area contributed by atoms with E-state index in [0.717, 1.165) is 6.42 Å². The van der Waals surface area contributed by atoms with Crippen molar-refractivity contribution in [2.75, 3.05) is 0 Å². The predicted molar refractivity (Wildman–Crippen MR) is 96.7 cm³/mol. The minimum absolute atomic E-state index is 1.14. The molecule has 0 aliphatic heterocycles. The van der Waals surface area contributed by atoms with Gasteiger partial charge in [0.2, 0.25) is 0 Å². The molecule has 0 heteroatoms. The Morgan fingerprint density at radius 3 is 2.18 bits per heavy atom. The van der Waals surface area contributed by atoms with Crippen molar-refractivity contribution in [1.29, 1.82) is 0 Å². The first kappa shape index (κ1) is 15.3. The van der Waals surface area contributed by atoms with Crippen LogP contribution in [-0.2, 0) is 25.7 Å². The maximum Gasteiger partial charge on any atom is -0.00106 e. The molecule has 1 aliphatic carbocycles. The molecular formula is C22H28. The van der Waals surface area contributed by atoms with Crippen LogP contribution < -0.4 is 0 Å². The number of hydrogen-bond acceptors (Lipinski definition) is 0. The number of benzene rings is 2. The van der Waals surface area contributed by atoms with Crippen molar-refractivity contribution in [2.24, 2.45) is 0 Å². The molecule has 0 heterocycles. The lowest BCUT2D eigenvalue weighted by Gasteiger charge is -2.19. The van der Waals surface area contributed by atoms with E-state index in [2.05, 4.69) is 51.1 Å². The Labute approximate surface area is 135 Å². The van der Waals surface area contributed by atoms with Crippen molar-refractivity contribution in [3.8, 4) is 11.1 Å². The van der Waals surface area contributed by atoms with Crippen LogP contribution in [0.3, 0.4) is 0 Å². The van der Waals surface area contributed by atoms with Gasteiger partial charge in [0.15, 0.2) is 0 Å². The molecule has 3 rings (SSSR count). The Kier molecular flexibility index (Phi) is 4.66. The monoisotopic (exact) mass is 292 g/mol. The van der Waals surface area contributed by atoms with Crippen molar-refractivity contribution in [1.82, 2.24) is 0 Å². The van der Waals surface area contributed by atoms with Crippen LogP contribution in [0.1, 0.15) is 67.9 Å². The van der Waals surface area contributed by atoms with Gasteiger partial charge in [0.25, 0.3) is 0 Å². The van der Waals surface area contributed by atoms with Crippen LogP contribution >= 0.6 is 0 Å². The molecule has 0 aromatic heterocycles. The molecule has 0 nitrogen and oxygen atoms in total. The third-order valence-corrected chi connectivity index (χ3v) is 4.95. The standard InChI is InChI=1S/C22H28/c1-4-9-16-14-21-19-13-8-7-12-17(19)15-22(21)20(11-6-3)18(16)10-5-2/h7-8,12-14H,4-6,9-11,15H2,1-3H3. The first-order valence-corrected chi connectivity index (χ1v) is 9.04. The maximum atomic E-state index is 2.52. The van der Waals surface area contributed by atoms with E-state index in [-0.39, 0.29) is 0 Å². The quantitative estimate of drug-likeness (QED) is 0.514. The summed E-state index contributed by atoms with van der Waals surface area (Å²) in [6.45, 7) is 6.93. The van der Waals surface area contributed by atoms with Gasteiger partial charge in [0.05, 0.1) is 0 Å². The highest BCUT2D eigenvalue weighted by Gasteiger charge is 2.24. The fourth-order valence-electron chi connectivity index (χ4n) is 4.06. The van der Waals surface area contributed by atoms with Crippen molar-refractivity contribution in [3.05, 3.63) is 58.1 Å². The second-order valence-electron chi connectivity index (χ2n) is 6.60. The molecule has 2 aromatic carbocycles. The van der Waals surface area contributed by atoms with Gasteiger partial charge in [0, 0.05) is 0 Å². The van der Waals surface area contributed by atoms with Crippen LogP contribution in [0.5, 0.6) is 0 Å². The lowest BCUT2D eigenvalue weighted by Crippen LogP contribution is -2.05. The summed E-state index contributed by atoms with van der Waals surface area (Å²) in [5.41, 5.74) is 11.1. The molecule has 0 amide bonds. The zero-order valence-corrected chi connectivity index (χ0v) is 14.3. The average Bonchev–Trinajstić information content (AvgIpc) is 2.89. The molecule has 0 bridgehead atoms. The molecular weight excluding hydrogens is 264 g/mol. The van der Waals surface area contributed by atoms with E-state index in [1.807, 2.05) is 0 Å². The SMILES string of the molecule is CCCc1cc2c(c(CCC)c1CCC)Cc1ccccc1-2. The van der Waals surface area contributed by atoms with Gasteiger partial charge in [0.1, 0.15) is 0 Å². The topological polar surface area (TPSA) is 0 Å². The van der Waals surface area contributed by atoms with E-state index < -0.39 is 0 Å². The molecule has 0 saturated carbocycles. The summed E-state index contributed by atoms with van der Waals surface area (Å²) >= 11 is 0. The number of rotatable bonds is 6. The van der Waals surface area contributed by atoms with Crippen molar-refractivity contribution >= 4 is 0 Å². The molecule has 0 atom stereocenters. The van der Waals surface area contributed by atoms with Crippen LogP contribution in [0.4, 0.5) is 0 Å². The molecule has 0 radical (unpaired) electrons. The summed E-state index contributed by atoms with van der Waals surface area (Å²) in [6, 6.07) is 11.5. The normalized spacial score (nSPS) is 12.3. The highest BCUT2D eigenvalue weighted by atomic mass is 14.3. The van der Waals surface area contributed by atoms with Crippen LogP contribution in [0, 0.1) is 0 Å². The number of fused-ring (bicyclic) bond motifs is 3. The van der Waals surface area contributed by atoms with Crippen LogP contribution in [0.15, 0.2) is 30.3 Å². The molecule has 2 aromatic rings. The van der Waals surface area contributed by atoms with Gasteiger partial charge >= 0.3 is 0 Å². The van der Waals surface area contributed by atoms with Gasteiger partial charge in [-0.2, -0.15) is 0 Å². The fourth-order valence-corrected chi connectivity index (χ4v) is 4.06. The minimum atomic E-state index is 1.14. The summed E-state index contributed by atoms with van der Waals surface area (Å²) in [4.78, 5) is 0. The third-order valence-electron chi connectivity index (χ3n) is 4.95. The molecule has 0 fully saturated rings. The summed E-state index contributed by atoms with van der Waals surface area (Å²) in [5.74, 6) is 0. The first-order valence-electron chi connectivity index (χ1n) is 9.04. The number of aryl methyl sites for hydroxylation is 1. The largest absolute Gasteiger partial charge is 0.0651 e. The smallest absolute Gasteiger partial charge is 0.00106 e. The zero-order chi connectivity index (χ0) is 15.5. The van der Waals surface area contributed by atoms with Crippen molar-refractivity contribution in [3.63, 3.8) is 0 Å². The van der Waals surface area contributed by atoms with Gasteiger partial charge in [-0.05, 0) is 64.6 Å². The van der Waals surface area contributed by atoms with Gasteiger partial charge in [-0.3, -0.25) is 0 Å². The van der Waals surface area contributed by atoms with E-state index in [9.17, 15) is 0 Å². The Morgan fingerprint density at radius 2 is 1.45 bits per heavy atom. The van der Waals surface area contributed by atoms with Gasteiger partial charge < -0.3 is 0 Å². The van der Waals surface area contributed by atoms with Gasteiger partial charge in [-0.25, -0.2) is 0 Å². The second-order valence-corrected chi connectivity index (χ2v) is 6.60. The third kappa shape index (κ3) is 2.60. The molecule has 116 valence electrons. The molecule has 0 unspecified atom stereocenters. The molecule has 0 spiro atoms. The Bertz CT molecular complexity index is 664. The van der Waals surface area contributed by atoms with E-state index in [0.29, 0.717) is 0 Å². The highest BCUT2D eigenvalue weighted by molar-refractivity contribution is 5.79. The lowest BCUT2D eigenvalue weighted by molar-refractivity contribution is 0.819. The predicted octanol–water partition coefficient (Wildman–Crippen LogP) is 6.12. The summed E-state index contributed by atoms with van der Waals surface area (Å²) in [6.07, 6.45) is 8.58. The zero-order valence-electron chi connectivity index (χ0n) is 14.3.